The van der Waals surface area contributed by atoms with Gasteiger partial charge in [0.15, 0.2) is 0 Å². The summed E-state index contributed by atoms with van der Waals surface area (Å²) in [6.45, 7) is 4.09. The van der Waals surface area contributed by atoms with Crippen molar-refractivity contribution in [1.82, 2.24) is 0 Å². The van der Waals surface area contributed by atoms with E-state index in [-0.39, 0.29) is 0 Å². The lowest BCUT2D eigenvalue weighted by Gasteiger charge is -2.17. The Balaban J connectivity index is 1.75. The molecule has 0 aromatic carbocycles. The third kappa shape index (κ3) is 1.42. The summed E-state index contributed by atoms with van der Waals surface area (Å²) in [5.74, 6) is 0. The van der Waals surface area contributed by atoms with E-state index in [9.17, 15) is 0 Å². The van der Waals surface area contributed by atoms with Crippen LogP contribution in [0.25, 0.3) is 0 Å². The van der Waals surface area contributed by atoms with Crippen molar-refractivity contribution < 1.29 is 0 Å². The van der Waals surface area contributed by atoms with Crippen molar-refractivity contribution in [1.29, 1.82) is 0 Å². The highest BCUT2D eigenvalue weighted by Crippen LogP contribution is 2.29. The van der Waals surface area contributed by atoms with Crippen molar-refractivity contribution in [2.24, 2.45) is 0 Å². The molecule has 0 atom stereocenters. The predicted octanol–water partition coefficient (Wildman–Crippen LogP) is 3.54. The molecule has 0 aliphatic heterocycles. The summed E-state index contributed by atoms with van der Waals surface area (Å²) in [7, 11) is 0. The minimum absolute atomic E-state index is 1.14. The van der Waals surface area contributed by atoms with E-state index in [2.05, 4.69) is 30.9 Å². The second-order valence-electron chi connectivity index (χ2n) is 3.47. The van der Waals surface area contributed by atoms with Gasteiger partial charge < -0.3 is 0 Å². The van der Waals surface area contributed by atoms with Crippen molar-refractivity contribution in [2.75, 3.05) is 0 Å². The Morgan fingerprint density at radius 1 is 1.50 bits per heavy atom. The summed E-state index contributed by atoms with van der Waals surface area (Å²) in [5.41, 5.74) is 4.32. The van der Waals surface area contributed by atoms with E-state index in [1.807, 2.05) is 0 Å². The molecule has 0 bridgehead atoms. The molecule has 0 saturated heterocycles. The molecule has 0 heteroatoms. The molecule has 2 aliphatic carbocycles. The molecule has 0 unspecified atom stereocenters. The molecule has 0 nitrogen and oxygen atoms in total. The molecule has 0 aromatic heterocycles. The Hall–Kier alpha value is -1.04. The van der Waals surface area contributed by atoms with Crippen LogP contribution in [0.2, 0.25) is 0 Å². The van der Waals surface area contributed by atoms with Crippen LogP contribution in [0.15, 0.2) is 47.6 Å². The lowest BCUT2D eigenvalue weighted by Crippen LogP contribution is -1.98. The molecule has 0 radical (unpaired) electrons. The molecule has 0 heterocycles. The van der Waals surface area contributed by atoms with Gasteiger partial charge in [0.2, 0.25) is 0 Å². The molecular weight excluding hydrogens is 144 g/mol. The van der Waals surface area contributed by atoms with Crippen LogP contribution in [-0.2, 0) is 0 Å². The van der Waals surface area contributed by atoms with Gasteiger partial charge in [-0.15, -0.1) is 0 Å². The zero-order valence-electron chi connectivity index (χ0n) is 7.34. The van der Waals surface area contributed by atoms with E-state index < -0.39 is 0 Å². The molecule has 0 aromatic rings. The number of rotatable bonds is 4. The average Bonchev–Trinajstić information content (AvgIpc) is 1.79. The molecular formula is C12H14. The van der Waals surface area contributed by atoms with Gasteiger partial charge >= 0.3 is 0 Å². The normalized spacial score (nSPS) is 19.0. The largest absolute Gasteiger partial charge is 0.0956 e. The van der Waals surface area contributed by atoms with Gasteiger partial charge in [0.1, 0.15) is 0 Å². The van der Waals surface area contributed by atoms with Gasteiger partial charge in [-0.2, -0.15) is 0 Å². The predicted molar refractivity (Wildman–Crippen MR) is 52.9 cm³/mol. The zero-order chi connectivity index (χ0) is 8.39. The summed E-state index contributed by atoms with van der Waals surface area (Å²) >= 11 is 0. The van der Waals surface area contributed by atoms with Crippen LogP contribution in [0.5, 0.6) is 0 Å². The van der Waals surface area contributed by atoms with Gasteiger partial charge in [-0.1, -0.05) is 36.5 Å². The fourth-order valence-corrected chi connectivity index (χ4v) is 1.46. The van der Waals surface area contributed by atoms with Gasteiger partial charge in [-0.05, 0) is 36.8 Å². The molecule has 0 saturated carbocycles. The molecule has 2 rings (SSSR count). The summed E-state index contributed by atoms with van der Waals surface area (Å²) in [4.78, 5) is 0. The molecule has 0 fully saturated rings. The first-order valence-electron chi connectivity index (χ1n) is 4.61. The topological polar surface area (TPSA) is 0 Å². The van der Waals surface area contributed by atoms with Gasteiger partial charge in [0, 0.05) is 0 Å². The highest BCUT2D eigenvalue weighted by atomic mass is 14.1. The van der Waals surface area contributed by atoms with E-state index in [1.54, 1.807) is 0 Å². The lowest BCUT2D eigenvalue weighted by atomic mass is 9.88. The Labute approximate surface area is 74.0 Å². The van der Waals surface area contributed by atoms with E-state index in [4.69, 9.17) is 0 Å². The smallest absolute Gasteiger partial charge is 0.0238 e. The highest BCUT2D eigenvalue weighted by Gasteiger charge is 2.09. The minimum atomic E-state index is 1.14. The van der Waals surface area contributed by atoms with Crippen molar-refractivity contribution in [3.8, 4) is 0 Å². The lowest BCUT2D eigenvalue weighted by molar-refractivity contribution is 0.839. The van der Waals surface area contributed by atoms with E-state index >= 15 is 0 Å². The molecule has 0 amide bonds. The monoisotopic (exact) mass is 158 g/mol. The highest BCUT2D eigenvalue weighted by molar-refractivity contribution is 5.38. The summed E-state index contributed by atoms with van der Waals surface area (Å²) in [6, 6.07) is 0. The van der Waals surface area contributed by atoms with Crippen LogP contribution in [0.3, 0.4) is 0 Å². The first-order valence-corrected chi connectivity index (χ1v) is 4.61. The maximum atomic E-state index is 4.09. The summed E-state index contributed by atoms with van der Waals surface area (Å²) in [5, 5.41) is 0. The SMILES string of the molecule is C=C(CCC1=CC=C1)C1=CCC1. The van der Waals surface area contributed by atoms with Crippen LogP contribution in [0.1, 0.15) is 25.7 Å². The quantitative estimate of drug-likeness (QED) is 0.587. The van der Waals surface area contributed by atoms with Crippen LogP contribution >= 0.6 is 0 Å². The van der Waals surface area contributed by atoms with Gasteiger partial charge in [-0.25, -0.2) is 0 Å². The molecule has 0 N–H and O–H groups in total. The van der Waals surface area contributed by atoms with Crippen molar-refractivity contribution >= 4 is 0 Å². The maximum absolute atomic E-state index is 4.09. The third-order valence-electron chi connectivity index (χ3n) is 2.59. The van der Waals surface area contributed by atoms with Crippen molar-refractivity contribution in [3.05, 3.63) is 47.6 Å². The first kappa shape index (κ1) is 7.60. The second-order valence-corrected chi connectivity index (χ2v) is 3.47. The summed E-state index contributed by atoms with van der Waals surface area (Å²) in [6.07, 6.45) is 13.6. The fourth-order valence-electron chi connectivity index (χ4n) is 1.46. The van der Waals surface area contributed by atoms with Crippen molar-refractivity contribution in [3.63, 3.8) is 0 Å². The average molecular weight is 158 g/mol. The fraction of sp³-hybridized carbons (Fsp3) is 0.333. The molecule has 2 aliphatic rings. The van der Waals surface area contributed by atoms with Crippen LogP contribution in [-0.4, -0.2) is 0 Å². The maximum Gasteiger partial charge on any atom is -0.0238 e. The Morgan fingerprint density at radius 3 is 2.67 bits per heavy atom. The Morgan fingerprint density at radius 2 is 2.25 bits per heavy atom. The van der Waals surface area contributed by atoms with Gasteiger partial charge in [-0.3, -0.25) is 0 Å². The van der Waals surface area contributed by atoms with Crippen LogP contribution < -0.4 is 0 Å². The van der Waals surface area contributed by atoms with E-state index in [1.165, 1.54) is 36.0 Å². The first-order chi connectivity index (χ1) is 5.86. The van der Waals surface area contributed by atoms with Crippen LogP contribution in [0.4, 0.5) is 0 Å². The Kier molecular flexibility index (Phi) is 1.99. The standard InChI is InChI=1S/C12H14/c1-10(12-6-3-7-12)8-9-11-4-2-5-11/h2,4-6H,1,3,7-9H2. The van der Waals surface area contributed by atoms with Crippen molar-refractivity contribution in [2.45, 2.75) is 25.7 Å². The number of hydrogen-bond acceptors (Lipinski definition) is 0. The zero-order valence-corrected chi connectivity index (χ0v) is 7.34. The summed E-state index contributed by atoms with van der Waals surface area (Å²) < 4.78 is 0. The molecule has 62 valence electrons. The second kappa shape index (κ2) is 3.14. The minimum Gasteiger partial charge on any atom is -0.0956 e. The number of allylic oxidation sites excluding steroid dienone is 7. The van der Waals surface area contributed by atoms with Crippen LogP contribution in [0, 0.1) is 0 Å². The molecule has 12 heavy (non-hydrogen) atoms. The van der Waals surface area contributed by atoms with Gasteiger partial charge in [0.05, 0.1) is 0 Å². The van der Waals surface area contributed by atoms with E-state index in [0.717, 1.165) is 6.42 Å². The van der Waals surface area contributed by atoms with Gasteiger partial charge in [0.25, 0.3) is 0 Å². The van der Waals surface area contributed by atoms with E-state index in [0.29, 0.717) is 0 Å². The Bertz CT molecular complexity index is 287. The molecule has 0 spiro atoms. The third-order valence-corrected chi connectivity index (χ3v) is 2.59. The number of hydrogen-bond donors (Lipinski definition) is 0.